The highest BCUT2D eigenvalue weighted by Crippen LogP contribution is 2.22. The van der Waals surface area contributed by atoms with Gasteiger partial charge in [-0.25, -0.2) is 9.48 Å². The van der Waals surface area contributed by atoms with Gasteiger partial charge in [0.1, 0.15) is 12.2 Å². The molecule has 0 bridgehead atoms. The van der Waals surface area contributed by atoms with E-state index in [-0.39, 0.29) is 12.2 Å². The number of aromatic nitrogens is 4. The number of nitrogens with one attached hydrogen (secondary N) is 1. The summed E-state index contributed by atoms with van der Waals surface area (Å²) in [5, 5.41) is 20.9. The fraction of sp³-hybridized carbons (Fsp3) is 0.176. The van der Waals surface area contributed by atoms with Gasteiger partial charge in [0.15, 0.2) is 5.82 Å². The molecule has 0 saturated heterocycles. The van der Waals surface area contributed by atoms with E-state index in [1.807, 2.05) is 13.0 Å². The monoisotopic (exact) mass is 407 g/mol. The van der Waals surface area contributed by atoms with Crippen LogP contribution in [-0.2, 0) is 17.9 Å². The molecular formula is C17H15Cl2N5O3. The first-order chi connectivity index (χ1) is 12.8. The molecule has 0 saturated carbocycles. The van der Waals surface area contributed by atoms with Crippen LogP contribution in [0.1, 0.15) is 21.7 Å². The molecule has 0 spiro atoms. The number of aryl methyl sites for hydroxylation is 1. The van der Waals surface area contributed by atoms with Crippen LogP contribution in [0.25, 0.3) is 0 Å². The molecule has 3 rings (SSSR count). The van der Waals surface area contributed by atoms with Crippen molar-refractivity contribution in [3.8, 4) is 0 Å². The summed E-state index contributed by atoms with van der Waals surface area (Å²) in [6.45, 7) is 2.03. The maximum absolute atomic E-state index is 12.2. The van der Waals surface area contributed by atoms with Crippen LogP contribution in [0.2, 0.25) is 10.0 Å². The van der Waals surface area contributed by atoms with Crippen LogP contribution in [0.15, 0.2) is 36.5 Å². The molecule has 0 radical (unpaired) electrons. The third-order valence-electron chi connectivity index (χ3n) is 3.81. The van der Waals surface area contributed by atoms with Crippen molar-refractivity contribution in [2.75, 3.05) is 5.32 Å². The first-order valence-corrected chi connectivity index (χ1v) is 8.62. The number of carbonyl (C=O) groups is 2. The third-order valence-corrected chi connectivity index (χ3v) is 4.40. The molecule has 1 aromatic carbocycles. The molecule has 0 unspecified atom stereocenters. The van der Waals surface area contributed by atoms with Crippen molar-refractivity contribution in [1.29, 1.82) is 0 Å². The number of carboxylic acids is 1. The Bertz CT molecular complexity index is 1010. The van der Waals surface area contributed by atoms with Crippen molar-refractivity contribution < 1.29 is 14.7 Å². The van der Waals surface area contributed by atoms with Crippen molar-refractivity contribution in [3.63, 3.8) is 0 Å². The van der Waals surface area contributed by atoms with Gasteiger partial charge in [0.2, 0.25) is 5.91 Å². The summed E-state index contributed by atoms with van der Waals surface area (Å²) in [6, 6.07) is 8.25. The minimum absolute atomic E-state index is 0.0655. The lowest BCUT2D eigenvalue weighted by Crippen LogP contribution is -2.22. The summed E-state index contributed by atoms with van der Waals surface area (Å²) in [4.78, 5) is 23.2. The molecular weight excluding hydrogens is 393 g/mol. The molecule has 0 fully saturated rings. The van der Waals surface area contributed by atoms with Crippen molar-refractivity contribution in [2.45, 2.75) is 20.0 Å². The van der Waals surface area contributed by atoms with E-state index < -0.39 is 11.9 Å². The Kier molecular flexibility index (Phi) is 5.48. The van der Waals surface area contributed by atoms with Gasteiger partial charge >= 0.3 is 5.97 Å². The smallest absolute Gasteiger partial charge is 0.354 e. The van der Waals surface area contributed by atoms with Crippen molar-refractivity contribution in [3.05, 3.63) is 63.5 Å². The molecule has 0 atom stereocenters. The van der Waals surface area contributed by atoms with Crippen LogP contribution < -0.4 is 5.32 Å². The van der Waals surface area contributed by atoms with Crippen LogP contribution in [0.5, 0.6) is 0 Å². The standard InChI is InChI=1S/C17H15Cl2N5O3/c1-10-6-15(21-16(25)9-24-14(17(26)27)4-5-20-24)22-23(10)8-11-2-3-12(18)7-13(11)19/h2-7H,8-9H2,1H3,(H,26,27)(H,21,22,25). The van der Waals surface area contributed by atoms with E-state index in [9.17, 15) is 9.59 Å². The number of rotatable bonds is 6. The summed E-state index contributed by atoms with van der Waals surface area (Å²) >= 11 is 12.1. The van der Waals surface area contributed by atoms with Gasteiger partial charge in [0.25, 0.3) is 0 Å². The lowest BCUT2D eigenvalue weighted by atomic mass is 10.2. The number of aromatic carboxylic acids is 1. The first-order valence-electron chi connectivity index (χ1n) is 7.87. The summed E-state index contributed by atoms with van der Waals surface area (Å²) in [7, 11) is 0. The van der Waals surface area contributed by atoms with E-state index in [1.54, 1.807) is 22.9 Å². The number of benzene rings is 1. The van der Waals surface area contributed by atoms with E-state index in [0.717, 1.165) is 15.9 Å². The Hall–Kier alpha value is -2.84. The predicted molar refractivity (Wildman–Crippen MR) is 100 cm³/mol. The van der Waals surface area contributed by atoms with E-state index in [1.165, 1.54) is 12.3 Å². The Balaban J connectivity index is 1.69. The average molecular weight is 408 g/mol. The highest BCUT2D eigenvalue weighted by atomic mass is 35.5. The Morgan fingerprint density at radius 2 is 1.96 bits per heavy atom. The largest absolute Gasteiger partial charge is 0.477 e. The molecule has 2 aromatic heterocycles. The van der Waals surface area contributed by atoms with E-state index in [4.69, 9.17) is 28.3 Å². The molecule has 1 amide bonds. The Labute approximate surface area is 164 Å². The minimum Gasteiger partial charge on any atom is -0.477 e. The van der Waals surface area contributed by atoms with Crippen molar-refractivity contribution in [2.24, 2.45) is 0 Å². The highest BCUT2D eigenvalue weighted by molar-refractivity contribution is 6.35. The molecule has 10 heteroatoms. The molecule has 8 nitrogen and oxygen atoms in total. The number of carbonyl (C=O) groups excluding carboxylic acids is 1. The Morgan fingerprint density at radius 1 is 1.19 bits per heavy atom. The van der Waals surface area contributed by atoms with Gasteiger partial charge in [-0.3, -0.25) is 9.48 Å². The van der Waals surface area contributed by atoms with E-state index >= 15 is 0 Å². The second-order valence-corrected chi connectivity index (χ2v) is 6.64. The molecule has 140 valence electrons. The van der Waals surface area contributed by atoms with Crippen molar-refractivity contribution >= 4 is 40.9 Å². The second kappa shape index (κ2) is 7.81. The second-order valence-electron chi connectivity index (χ2n) is 5.79. The Morgan fingerprint density at radius 3 is 2.67 bits per heavy atom. The van der Waals surface area contributed by atoms with E-state index in [0.29, 0.717) is 22.4 Å². The topological polar surface area (TPSA) is 102 Å². The molecule has 2 heterocycles. The molecule has 0 aliphatic heterocycles. The van der Waals surface area contributed by atoms with Crippen LogP contribution in [0.4, 0.5) is 5.82 Å². The van der Waals surface area contributed by atoms with Gasteiger partial charge in [-0.05, 0) is 30.7 Å². The number of carboxylic acid groups (broad SMARTS) is 1. The maximum atomic E-state index is 12.2. The molecule has 27 heavy (non-hydrogen) atoms. The lowest BCUT2D eigenvalue weighted by molar-refractivity contribution is -0.116. The number of hydrogen-bond donors (Lipinski definition) is 2. The van der Waals surface area contributed by atoms with Gasteiger partial charge < -0.3 is 10.4 Å². The lowest BCUT2D eigenvalue weighted by Gasteiger charge is -2.07. The summed E-state index contributed by atoms with van der Waals surface area (Å²) in [5.41, 5.74) is 1.60. The van der Waals surface area contributed by atoms with Crippen molar-refractivity contribution in [1.82, 2.24) is 19.6 Å². The predicted octanol–water partition coefficient (Wildman–Crippen LogP) is 3.08. The zero-order valence-corrected chi connectivity index (χ0v) is 15.7. The molecule has 0 aliphatic rings. The molecule has 3 aromatic rings. The van der Waals surface area contributed by atoms with Crippen LogP contribution in [0, 0.1) is 6.92 Å². The zero-order chi connectivity index (χ0) is 19.6. The number of hydrogen-bond acceptors (Lipinski definition) is 4. The quantitative estimate of drug-likeness (QED) is 0.653. The number of nitrogens with zero attached hydrogens (tertiary/aromatic N) is 4. The van der Waals surface area contributed by atoms with Gasteiger partial charge in [-0.15, -0.1) is 0 Å². The SMILES string of the molecule is Cc1cc(NC(=O)Cn2nccc2C(=O)O)nn1Cc1ccc(Cl)cc1Cl. The summed E-state index contributed by atoms with van der Waals surface area (Å²) in [6.07, 6.45) is 1.32. The van der Waals surface area contributed by atoms with Gasteiger partial charge in [-0.1, -0.05) is 29.3 Å². The van der Waals surface area contributed by atoms with Crippen LogP contribution in [0.3, 0.4) is 0 Å². The summed E-state index contributed by atoms with van der Waals surface area (Å²) in [5.74, 6) is -1.23. The average Bonchev–Trinajstić information content (AvgIpc) is 3.17. The van der Waals surface area contributed by atoms with Gasteiger partial charge in [-0.2, -0.15) is 10.2 Å². The molecule has 0 aliphatic carbocycles. The maximum Gasteiger partial charge on any atom is 0.354 e. The van der Waals surface area contributed by atoms with Gasteiger partial charge in [0.05, 0.1) is 6.54 Å². The number of anilines is 1. The number of amides is 1. The van der Waals surface area contributed by atoms with Crippen LogP contribution in [-0.4, -0.2) is 36.5 Å². The van der Waals surface area contributed by atoms with Gasteiger partial charge in [0, 0.05) is 28.0 Å². The third kappa shape index (κ3) is 4.47. The summed E-state index contributed by atoms with van der Waals surface area (Å²) < 4.78 is 2.80. The zero-order valence-electron chi connectivity index (χ0n) is 14.2. The van der Waals surface area contributed by atoms with Crippen LogP contribution >= 0.6 is 23.2 Å². The fourth-order valence-corrected chi connectivity index (χ4v) is 2.97. The minimum atomic E-state index is -1.15. The normalized spacial score (nSPS) is 10.8. The first kappa shape index (κ1) is 18.9. The highest BCUT2D eigenvalue weighted by Gasteiger charge is 2.15. The number of halogens is 2. The van der Waals surface area contributed by atoms with E-state index in [2.05, 4.69) is 15.5 Å². The fourth-order valence-electron chi connectivity index (χ4n) is 2.50. The molecule has 2 N–H and O–H groups in total.